The van der Waals surface area contributed by atoms with Crippen LogP contribution in [0.5, 0.6) is 17.2 Å². The third-order valence-electron chi connectivity index (χ3n) is 4.80. The van der Waals surface area contributed by atoms with E-state index in [0.29, 0.717) is 11.3 Å². The number of benzene rings is 3. The van der Waals surface area contributed by atoms with Crippen LogP contribution in [0.3, 0.4) is 0 Å². The highest BCUT2D eigenvalue weighted by Gasteiger charge is 2.32. The molecule has 0 heterocycles. The smallest absolute Gasteiger partial charge is 0.265 e. The molecular weight excluding hydrogens is 432 g/mol. The molecule has 0 aliphatic rings. The van der Waals surface area contributed by atoms with E-state index in [2.05, 4.69) is 0 Å². The Morgan fingerprint density at radius 3 is 2.09 bits per heavy atom. The van der Waals surface area contributed by atoms with E-state index in [4.69, 9.17) is 19.9 Å². The zero-order valence-electron chi connectivity index (χ0n) is 17.9. The lowest BCUT2D eigenvalue weighted by Gasteiger charge is -2.27. The largest absolute Gasteiger partial charge is 0.495 e. The second-order valence-corrected chi connectivity index (χ2v) is 8.58. The number of hydrogen-bond donors (Lipinski definition) is 1. The van der Waals surface area contributed by atoms with Crippen molar-refractivity contribution in [2.75, 3.05) is 32.2 Å². The first kappa shape index (κ1) is 23.0. The van der Waals surface area contributed by atoms with E-state index in [1.807, 2.05) is 30.3 Å². The molecule has 32 heavy (non-hydrogen) atoms. The first-order valence-corrected chi connectivity index (χ1v) is 11.0. The third kappa shape index (κ3) is 4.47. The average molecular weight is 457 g/mol. The molecule has 0 aliphatic heterocycles. The summed E-state index contributed by atoms with van der Waals surface area (Å²) in [6.45, 7) is -0.586. The van der Waals surface area contributed by atoms with Gasteiger partial charge >= 0.3 is 0 Å². The fourth-order valence-electron chi connectivity index (χ4n) is 3.32. The van der Waals surface area contributed by atoms with Gasteiger partial charge in [-0.1, -0.05) is 42.5 Å². The van der Waals surface area contributed by atoms with E-state index in [0.717, 1.165) is 9.87 Å². The zero-order chi connectivity index (χ0) is 23.3. The first-order valence-electron chi connectivity index (χ1n) is 9.59. The molecule has 0 saturated carbocycles. The van der Waals surface area contributed by atoms with Crippen molar-refractivity contribution in [1.82, 2.24) is 0 Å². The summed E-state index contributed by atoms with van der Waals surface area (Å²) in [5.41, 5.74) is 6.97. The summed E-state index contributed by atoms with van der Waals surface area (Å²) in [6, 6.07) is 18.5. The van der Waals surface area contributed by atoms with E-state index in [-0.39, 0.29) is 22.1 Å². The van der Waals surface area contributed by atoms with Crippen LogP contribution in [0.15, 0.2) is 71.6 Å². The van der Waals surface area contributed by atoms with Crippen molar-refractivity contribution in [2.24, 2.45) is 5.73 Å². The summed E-state index contributed by atoms with van der Waals surface area (Å²) in [6.07, 6.45) is 0. The van der Waals surface area contributed by atoms with Crippen LogP contribution in [0.2, 0.25) is 0 Å². The van der Waals surface area contributed by atoms with E-state index in [9.17, 15) is 13.2 Å². The number of amides is 1. The van der Waals surface area contributed by atoms with Gasteiger partial charge in [0.25, 0.3) is 10.0 Å². The Labute approximate surface area is 187 Å². The Morgan fingerprint density at radius 2 is 1.50 bits per heavy atom. The lowest BCUT2D eigenvalue weighted by Crippen LogP contribution is -2.39. The van der Waals surface area contributed by atoms with Crippen molar-refractivity contribution in [3.05, 3.63) is 66.7 Å². The van der Waals surface area contributed by atoms with Crippen molar-refractivity contribution in [3.8, 4) is 28.4 Å². The third-order valence-corrected chi connectivity index (χ3v) is 6.54. The molecule has 8 nitrogen and oxygen atoms in total. The quantitative estimate of drug-likeness (QED) is 0.530. The molecule has 0 fully saturated rings. The second kappa shape index (κ2) is 9.61. The molecule has 0 radical (unpaired) electrons. The minimum atomic E-state index is -4.25. The number of hydrogen-bond acceptors (Lipinski definition) is 6. The van der Waals surface area contributed by atoms with E-state index in [1.54, 1.807) is 18.2 Å². The van der Waals surface area contributed by atoms with Crippen molar-refractivity contribution in [3.63, 3.8) is 0 Å². The molecule has 0 spiro atoms. The zero-order valence-corrected chi connectivity index (χ0v) is 18.8. The molecule has 2 N–H and O–H groups in total. The van der Waals surface area contributed by atoms with Crippen LogP contribution in [-0.2, 0) is 14.8 Å². The summed E-state index contributed by atoms with van der Waals surface area (Å²) >= 11 is 0. The number of para-hydroxylation sites is 1. The summed E-state index contributed by atoms with van der Waals surface area (Å²) in [5, 5.41) is 0. The fraction of sp³-hybridized carbons (Fsp3) is 0.174. The molecule has 0 aliphatic carbocycles. The molecule has 0 saturated heterocycles. The number of nitrogens with zero attached hydrogens (tertiary/aromatic N) is 1. The number of rotatable bonds is 9. The van der Waals surface area contributed by atoms with Gasteiger partial charge in [0.05, 0.1) is 26.2 Å². The van der Waals surface area contributed by atoms with E-state index in [1.165, 1.54) is 39.5 Å². The van der Waals surface area contributed by atoms with Gasteiger partial charge in [-0.3, -0.25) is 9.10 Å². The molecule has 168 valence electrons. The molecule has 3 rings (SSSR count). The number of carbonyl (C=O) groups excluding carboxylic acids is 1. The van der Waals surface area contributed by atoms with Crippen LogP contribution in [0, 0.1) is 0 Å². The van der Waals surface area contributed by atoms with E-state index < -0.39 is 22.5 Å². The van der Waals surface area contributed by atoms with Crippen LogP contribution >= 0.6 is 0 Å². The molecule has 0 aromatic heterocycles. The average Bonchev–Trinajstić information content (AvgIpc) is 2.81. The van der Waals surface area contributed by atoms with Crippen LogP contribution in [0.4, 0.5) is 5.69 Å². The second-order valence-electron chi connectivity index (χ2n) is 6.72. The highest BCUT2D eigenvalue weighted by Crippen LogP contribution is 2.41. The van der Waals surface area contributed by atoms with Crippen LogP contribution in [0.1, 0.15) is 0 Å². The van der Waals surface area contributed by atoms with Crippen molar-refractivity contribution < 1.29 is 27.4 Å². The predicted molar refractivity (Wildman–Crippen MR) is 122 cm³/mol. The number of primary amides is 1. The first-order chi connectivity index (χ1) is 15.3. The minimum Gasteiger partial charge on any atom is -0.495 e. The summed E-state index contributed by atoms with van der Waals surface area (Å²) in [4.78, 5) is 11.9. The Hall–Kier alpha value is -3.72. The number of anilines is 1. The summed E-state index contributed by atoms with van der Waals surface area (Å²) in [7, 11) is 0.0334. The predicted octanol–water partition coefficient (Wildman–Crippen LogP) is 3.06. The van der Waals surface area contributed by atoms with Gasteiger partial charge in [-0.2, -0.15) is 0 Å². The van der Waals surface area contributed by atoms with E-state index >= 15 is 0 Å². The fourth-order valence-corrected chi connectivity index (χ4v) is 4.80. The summed E-state index contributed by atoms with van der Waals surface area (Å²) < 4.78 is 44.4. The van der Waals surface area contributed by atoms with Crippen LogP contribution in [-0.4, -0.2) is 42.2 Å². The van der Waals surface area contributed by atoms with Gasteiger partial charge in [-0.05, 0) is 23.8 Å². The number of nitrogens with two attached hydrogens (primary N) is 1. The molecule has 3 aromatic rings. The molecule has 0 unspecified atom stereocenters. The highest BCUT2D eigenvalue weighted by molar-refractivity contribution is 7.92. The number of ether oxygens (including phenoxy) is 3. The Bertz CT molecular complexity index is 1210. The number of sulfonamides is 1. The number of carbonyl (C=O) groups is 1. The van der Waals surface area contributed by atoms with Crippen LogP contribution in [0.25, 0.3) is 11.1 Å². The molecule has 0 atom stereocenters. The topological polar surface area (TPSA) is 108 Å². The van der Waals surface area contributed by atoms with Gasteiger partial charge in [-0.25, -0.2) is 8.42 Å². The molecule has 9 heteroatoms. The Kier molecular flexibility index (Phi) is 6.89. The maximum atomic E-state index is 13.8. The lowest BCUT2D eigenvalue weighted by molar-refractivity contribution is -0.116. The monoisotopic (exact) mass is 456 g/mol. The highest BCUT2D eigenvalue weighted by atomic mass is 32.2. The molecular formula is C23H24N2O6S. The summed E-state index contributed by atoms with van der Waals surface area (Å²) in [5.74, 6) is 0.0571. The van der Waals surface area contributed by atoms with Gasteiger partial charge in [0.2, 0.25) is 5.91 Å². The lowest BCUT2D eigenvalue weighted by atomic mass is 10.0. The van der Waals surface area contributed by atoms with Crippen molar-refractivity contribution in [1.29, 1.82) is 0 Å². The van der Waals surface area contributed by atoms with Gasteiger partial charge in [0.1, 0.15) is 18.0 Å². The standard InChI is InChI=1S/C23H24N2O6S/c1-29-19-13-12-17(14-21(19)31-3)32(27,28)25(15-22(24)26)23-18(10-7-11-20(23)30-2)16-8-5-4-6-9-16/h4-14H,15H2,1-3H3,(H2,24,26). The maximum absolute atomic E-state index is 13.8. The van der Waals surface area contributed by atoms with Crippen LogP contribution < -0.4 is 24.2 Å². The Morgan fingerprint density at radius 1 is 0.844 bits per heavy atom. The van der Waals surface area contributed by atoms with Gasteiger partial charge in [0, 0.05) is 11.6 Å². The molecule has 3 aromatic carbocycles. The SMILES string of the molecule is COc1ccc(S(=O)(=O)N(CC(N)=O)c2c(OC)cccc2-c2ccccc2)cc1OC. The number of methoxy groups -OCH3 is 3. The molecule has 1 amide bonds. The van der Waals surface area contributed by atoms with Gasteiger partial charge in [0.15, 0.2) is 11.5 Å². The van der Waals surface area contributed by atoms with Gasteiger partial charge < -0.3 is 19.9 Å². The van der Waals surface area contributed by atoms with Crippen molar-refractivity contribution >= 4 is 21.6 Å². The minimum absolute atomic E-state index is 0.0960. The molecule has 0 bridgehead atoms. The van der Waals surface area contributed by atoms with Gasteiger partial charge in [-0.15, -0.1) is 0 Å². The normalized spacial score (nSPS) is 11.0. The van der Waals surface area contributed by atoms with Crippen molar-refractivity contribution in [2.45, 2.75) is 4.90 Å². The Balaban J connectivity index is 2.27. The maximum Gasteiger partial charge on any atom is 0.265 e.